The summed E-state index contributed by atoms with van der Waals surface area (Å²) in [7, 11) is 0. The van der Waals surface area contributed by atoms with Gasteiger partial charge in [0.15, 0.2) is 0 Å². The number of hydrogen-bond donors (Lipinski definition) is 0. The van der Waals surface area contributed by atoms with E-state index in [4.69, 9.17) is 16.3 Å². The molecule has 10 rings (SSSR count). The number of benzene rings is 6. The van der Waals surface area contributed by atoms with Crippen LogP contribution in [0.1, 0.15) is 89.5 Å². The Labute approximate surface area is 404 Å². The number of furan rings is 1. The van der Waals surface area contributed by atoms with Crippen molar-refractivity contribution in [3.05, 3.63) is 193 Å². The van der Waals surface area contributed by atoms with Crippen LogP contribution >= 0.6 is 0 Å². The first-order valence-electron chi connectivity index (χ1n) is 24.4. The zero-order valence-electron chi connectivity index (χ0n) is 42.7. The predicted octanol–water partition coefficient (Wildman–Crippen LogP) is 15.8. The molecule has 0 aliphatic carbocycles. The number of hydrogen-bond acceptors (Lipinski definition) is 4. The predicted molar refractivity (Wildman–Crippen MR) is 266 cm³/mol. The fourth-order valence-corrected chi connectivity index (χ4v) is 8.31. The number of pyridine rings is 2. The molecule has 4 aromatic heterocycles. The molecule has 0 saturated heterocycles. The average Bonchev–Trinajstić information content (AvgIpc) is 3.92. The fourth-order valence-electron chi connectivity index (χ4n) is 8.31. The Balaban J connectivity index is 0.000000233. The van der Waals surface area contributed by atoms with Gasteiger partial charge in [-0.3, -0.25) is 4.98 Å². The first-order valence-corrected chi connectivity index (χ1v) is 21.9. The Morgan fingerprint density at radius 3 is 2.00 bits per heavy atom. The van der Waals surface area contributed by atoms with E-state index in [-0.39, 0.29) is 37.6 Å². The molecule has 0 fully saturated rings. The van der Waals surface area contributed by atoms with Gasteiger partial charge in [-0.1, -0.05) is 163 Å². The molecular weight excluding hydrogens is 973 g/mol. The largest absolute Gasteiger partial charge is 0.501 e. The van der Waals surface area contributed by atoms with Crippen LogP contribution in [0.3, 0.4) is 0 Å². The van der Waals surface area contributed by atoms with Gasteiger partial charge in [0.2, 0.25) is 0 Å². The van der Waals surface area contributed by atoms with Crippen LogP contribution in [0.25, 0.3) is 83.6 Å². The first-order chi connectivity index (χ1) is 32.9. The molecule has 6 aromatic carbocycles. The molecule has 0 N–H and O–H groups in total. The van der Waals surface area contributed by atoms with Crippen molar-refractivity contribution in [1.29, 1.82) is 0 Å². The van der Waals surface area contributed by atoms with Gasteiger partial charge in [-0.15, -0.1) is 35.9 Å². The third-order valence-electron chi connectivity index (χ3n) is 11.3. The van der Waals surface area contributed by atoms with Crippen LogP contribution in [-0.4, -0.2) is 19.5 Å². The first kappa shape index (κ1) is 39.0. The normalized spacial score (nSPS) is 13.2. The van der Waals surface area contributed by atoms with Gasteiger partial charge in [0.1, 0.15) is 5.58 Å². The van der Waals surface area contributed by atoms with Gasteiger partial charge in [0.25, 0.3) is 0 Å². The van der Waals surface area contributed by atoms with Crippen molar-refractivity contribution in [3.8, 4) is 50.6 Å². The number of fused-ring (bicyclic) bond motifs is 4. The third kappa shape index (κ3) is 9.52. The molecule has 6 heteroatoms. The van der Waals surface area contributed by atoms with E-state index in [1.165, 1.54) is 45.8 Å². The molecule has 0 aliphatic heterocycles. The van der Waals surface area contributed by atoms with Crippen LogP contribution < -0.4 is 0 Å². The van der Waals surface area contributed by atoms with Crippen molar-refractivity contribution >= 4 is 33.0 Å². The minimum absolute atomic E-state index is 0. The molecule has 327 valence electrons. The Hall–Kier alpha value is -6.46. The summed E-state index contributed by atoms with van der Waals surface area (Å²) in [6, 6.07) is 54.9. The maximum absolute atomic E-state index is 8.23. The second-order valence-corrected chi connectivity index (χ2v) is 17.9. The molecule has 4 heterocycles. The second kappa shape index (κ2) is 18.9. The Bertz CT molecular complexity index is 3400. The summed E-state index contributed by atoms with van der Waals surface area (Å²) >= 11 is 0. The summed E-state index contributed by atoms with van der Waals surface area (Å²) in [6.07, 6.45) is 2.68. The van der Waals surface area contributed by atoms with E-state index in [1.54, 1.807) is 18.2 Å². The van der Waals surface area contributed by atoms with Gasteiger partial charge in [0.05, 0.1) is 22.4 Å². The summed E-state index contributed by atoms with van der Waals surface area (Å²) in [6.45, 7) is 12.4. The van der Waals surface area contributed by atoms with E-state index >= 15 is 0 Å². The van der Waals surface area contributed by atoms with Crippen LogP contribution in [0.15, 0.2) is 162 Å². The van der Waals surface area contributed by atoms with E-state index in [1.807, 2.05) is 32.9 Å². The van der Waals surface area contributed by atoms with Crippen molar-refractivity contribution in [2.75, 3.05) is 0 Å². The fraction of sp³-hybridized carbons (Fsp3) is 0.203. The third-order valence-corrected chi connectivity index (χ3v) is 11.3. The molecule has 10 aromatic rings. The summed E-state index contributed by atoms with van der Waals surface area (Å²) < 4.78 is 47.5. The van der Waals surface area contributed by atoms with Gasteiger partial charge in [-0.25, -0.2) is 0 Å². The summed E-state index contributed by atoms with van der Waals surface area (Å²) in [5, 5.41) is 2.15. The van der Waals surface area contributed by atoms with Gasteiger partial charge in [-0.05, 0) is 110 Å². The Morgan fingerprint density at radius 1 is 0.708 bits per heavy atom. The van der Waals surface area contributed by atoms with Crippen molar-refractivity contribution < 1.29 is 31.4 Å². The number of rotatable bonds is 8. The number of imidazole rings is 1. The standard InChI is InChI=1S/C43H35N2O.C16H19N2.Ir/c1-27(2)36-24-32(30-16-9-6-10-17-30)25-37(28(3)4)41(36)45-39-21-12-11-20-38(39)44-43(45)35-19-13-18-34-33-23-22-31(26-40(33)46-42(34)35)29-14-7-5-8-15-29;1-12-5-7-14(11-17-12)15-8-6-13(10-18-15)9-16(2,3)4;/h5-18,20-28H,1-4H3;5-8,10H,9H2,1-4H3;/q2*-1;/i;1D3,9D2;. The van der Waals surface area contributed by atoms with Crippen molar-refractivity contribution in [2.24, 2.45) is 5.41 Å². The van der Waals surface area contributed by atoms with Gasteiger partial charge in [-0.2, -0.15) is 0 Å². The molecule has 0 aliphatic rings. The molecule has 0 amide bonds. The number of aryl methyl sites for hydroxylation is 1. The smallest absolute Gasteiger partial charge is 0.121 e. The average molecular weight is 1030 g/mol. The van der Waals surface area contributed by atoms with Crippen LogP contribution in [0.2, 0.25) is 0 Å². The quantitative estimate of drug-likeness (QED) is 0.142. The molecule has 0 saturated carbocycles. The number of nitrogens with zero attached hydrogens (tertiary/aromatic N) is 4. The van der Waals surface area contributed by atoms with E-state index < -0.39 is 18.6 Å². The van der Waals surface area contributed by atoms with Gasteiger partial charge >= 0.3 is 0 Å². The zero-order valence-corrected chi connectivity index (χ0v) is 40.1. The zero-order chi connectivity index (χ0) is 48.8. The number of para-hydroxylation sites is 2. The molecule has 0 bridgehead atoms. The van der Waals surface area contributed by atoms with Crippen LogP contribution in [0.5, 0.6) is 0 Å². The topological polar surface area (TPSA) is 56.7 Å². The van der Waals surface area contributed by atoms with Gasteiger partial charge < -0.3 is 19.0 Å². The summed E-state index contributed by atoms with van der Waals surface area (Å²) in [5.41, 5.74) is 14.2. The maximum atomic E-state index is 8.23. The van der Waals surface area contributed by atoms with E-state index in [0.29, 0.717) is 16.8 Å². The van der Waals surface area contributed by atoms with Crippen LogP contribution in [0, 0.1) is 24.5 Å². The molecule has 1 radical (unpaired) electrons. The minimum atomic E-state index is -2.25. The molecule has 0 spiro atoms. The Morgan fingerprint density at radius 2 is 1.38 bits per heavy atom. The van der Waals surface area contributed by atoms with E-state index in [9.17, 15) is 0 Å². The van der Waals surface area contributed by atoms with Gasteiger partial charge in [0, 0.05) is 44.2 Å². The van der Waals surface area contributed by atoms with Crippen molar-refractivity contribution in [3.63, 3.8) is 0 Å². The molecule has 65 heavy (non-hydrogen) atoms. The van der Waals surface area contributed by atoms with Crippen LogP contribution in [-0.2, 0) is 26.5 Å². The molecule has 5 nitrogen and oxygen atoms in total. The molecule has 0 atom stereocenters. The van der Waals surface area contributed by atoms with Crippen molar-refractivity contribution in [2.45, 2.75) is 73.5 Å². The second-order valence-electron chi connectivity index (χ2n) is 17.9. The SMILES string of the molecule is CC(C)c1cc(-c2ccccc2)cc(C(C)C)c1-n1c(-c2[c-]ccc3c2oc2cc(-c4ccccc4)ccc23)nc2ccccc21.[2H]C([2H])([2H])c1ccc(-c2ccc(C([2H])([2H])C(C)(C)C)cn2)[c-]n1.[Ir]. The monoisotopic (exact) mass is 1030 g/mol. The summed E-state index contributed by atoms with van der Waals surface area (Å²) in [4.78, 5) is 13.4. The van der Waals surface area contributed by atoms with Crippen molar-refractivity contribution in [1.82, 2.24) is 19.5 Å². The molecule has 0 unspecified atom stereocenters. The molecular formula is C59H54IrN4O-2. The van der Waals surface area contributed by atoms with E-state index in [0.717, 1.165) is 49.9 Å². The van der Waals surface area contributed by atoms with Crippen LogP contribution in [0.4, 0.5) is 0 Å². The maximum Gasteiger partial charge on any atom is 0.121 e. The summed E-state index contributed by atoms with van der Waals surface area (Å²) in [5.74, 6) is 1.41. The minimum Gasteiger partial charge on any atom is -0.501 e. The Kier molecular flexibility index (Phi) is 11.4. The van der Waals surface area contributed by atoms with E-state index in [2.05, 4.69) is 170 Å². The number of aromatic nitrogens is 4.